The van der Waals surface area contributed by atoms with E-state index in [0.29, 0.717) is 0 Å². The zero-order valence-corrected chi connectivity index (χ0v) is 14.8. The van der Waals surface area contributed by atoms with E-state index in [1.54, 1.807) is 13.3 Å². The molecule has 0 amide bonds. The van der Waals surface area contributed by atoms with E-state index in [1.807, 2.05) is 43.4 Å². The summed E-state index contributed by atoms with van der Waals surface area (Å²) in [7, 11) is 1.57. The van der Waals surface area contributed by atoms with Gasteiger partial charge in [0.15, 0.2) is 0 Å². The third-order valence-electron chi connectivity index (χ3n) is 3.50. The number of aryl methyl sites for hydroxylation is 2. The van der Waals surface area contributed by atoms with Crippen molar-refractivity contribution >= 4 is 22.6 Å². The van der Waals surface area contributed by atoms with Gasteiger partial charge in [0.2, 0.25) is 0 Å². The number of nitrogens with zero attached hydrogens (tertiary/aromatic N) is 4. The van der Waals surface area contributed by atoms with Crippen molar-refractivity contribution in [1.29, 1.82) is 0 Å². The lowest BCUT2D eigenvalue weighted by Crippen LogP contribution is -2.27. The molecule has 1 aromatic carbocycles. The average Bonchev–Trinajstić information content (AvgIpc) is 2.86. The molecule has 0 fully saturated rings. The van der Waals surface area contributed by atoms with Gasteiger partial charge in [0.1, 0.15) is 11.8 Å². The maximum atomic E-state index is 12.1. The van der Waals surface area contributed by atoms with Gasteiger partial charge in [0.25, 0.3) is 0 Å². The van der Waals surface area contributed by atoms with Crippen molar-refractivity contribution in [1.82, 2.24) is 19.8 Å². The van der Waals surface area contributed by atoms with Crippen molar-refractivity contribution in [3.63, 3.8) is 0 Å². The van der Waals surface area contributed by atoms with Crippen LogP contribution in [0, 0.1) is 10.5 Å². The fourth-order valence-electron chi connectivity index (χ4n) is 2.26. The van der Waals surface area contributed by atoms with Gasteiger partial charge in [-0.1, -0.05) is 24.3 Å². The number of halogens is 1. The van der Waals surface area contributed by atoms with E-state index in [0.717, 1.165) is 20.5 Å². The van der Waals surface area contributed by atoms with Gasteiger partial charge in [-0.05, 0) is 63.7 Å². The number of ether oxygens (including phenoxy) is 1. The summed E-state index contributed by atoms with van der Waals surface area (Å²) in [5.74, 6) is 0.783. The molecule has 0 radical (unpaired) electrons. The second-order valence-corrected chi connectivity index (χ2v) is 6.41. The van der Waals surface area contributed by atoms with Crippen LogP contribution in [0.3, 0.4) is 0 Å². The van der Waals surface area contributed by atoms with Crippen molar-refractivity contribution < 1.29 is 4.74 Å². The minimum Gasteiger partial charge on any atom is -0.464 e. The molecule has 7 heteroatoms. The Balaban J connectivity index is 1.90. The highest BCUT2D eigenvalue weighted by atomic mass is 127. The Hall–Kier alpha value is -2.16. The Morgan fingerprint density at radius 3 is 2.83 bits per heavy atom. The summed E-state index contributed by atoms with van der Waals surface area (Å²) in [6, 6.07) is 5.64. The first kappa shape index (κ1) is 15.7. The first-order valence-electron chi connectivity index (χ1n) is 7.02. The fourth-order valence-corrected chi connectivity index (χ4v) is 2.90. The van der Waals surface area contributed by atoms with Gasteiger partial charge in [0, 0.05) is 16.2 Å². The monoisotopic (exact) mass is 422 g/mol. The van der Waals surface area contributed by atoms with Crippen LogP contribution in [0.25, 0.3) is 0 Å². The molecular formula is C16H15IN4O2. The van der Waals surface area contributed by atoms with Crippen LogP contribution in [-0.2, 0) is 7.05 Å². The Morgan fingerprint density at radius 1 is 1.30 bits per heavy atom. The normalized spacial score (nSPS) is 18.6. The van der Waals surface area contributed by atoms with Crippen molar-refractivity contribution in [2.24, 2.45) is 7.05 Å². The molecule has 0 saturated carbocycles. The third kappa shape index (κ3) is 3.29. The lowest BCUT2D eigenvalue weighted by atomic mass is 10.0. The SMILES string of the molecule is Cc1cc(I)ccc1OC=C1C=CC=CC1n1nnn(C)c1=O. The van der Waals surface area contributed by atoms with E-state index in [-0.39, 0.29) is 11.7 Å². The molecule has 0 N–H and O–H groups in total. The Labute approximate surface area is 146 Å². The van der Waals surface area contributed by atoms with E-state index >= 15 is 0 Å². The number of benzene rings is 1. The van der Waals surface area contributed by atoms with E-state index in [9.17, 15) is 4.79 Å². The molecule has 2 aromatic rings. The van der Waals surface area contributed by atoms with Crippen LogP contribution in [0.4, 0.5) is 0 Å². The van der Waals surface area contributed by atoms with Gasteiger partial charge < -0.3 is 4.74 Å². The van der Waals surface area contributed by atoms with Crippen LogP contribution in [0.5, 0.6) is 5.75 Å². The summed E-state index contributed by atoms with van der Waals surface area (Å²) in [5.41, 5.74) is 1.61. The van der Waals surface area contributed by atoms with Crippen LogP contribution in [-0.4, -0.2) is 19.8 Å². The summed E-state index contributed by atoms with van der Waals surface area (Å²) in [4.78, 5) is 12.1. The van der Waals surface area contributed by atoms with Crippen LogP contribution in [0.2, 0.25) is 0 Å². The second kappa shape index (κ2) is 6.53. The van der Waals surface area contributed by atoms with Crippen molar-refractivity contribution in [2.75, 3.05) is 0 Å². The van der Waals surface area contributed by atoms with E-state index in [4.69, 9.17) is 4.74 Å². The highest BCUT2D eigenvalue weighted by molar-refractivity contribution is 14.1. The molecule has 1 aliphatic rings. The van der Waals surface area contributed by atoms with Gasteiger partial charge in [-0.2, -0.15) is 9.36 Å². The number of allylic oxidation sites excluding steroid dienone is 5. The predicted molar refractivity (Wildman–Crippen MR) is 95.2 cm³/mol. The summed E-state index contributed by atoms with van der Waals surface area (Å²) < 4.78 is 9.50. The summed E-state index contributed by atoms with van der Waals surface area (Å²) >= 11 is 2.26. The third-order valence-corrected chi connectivity index (χ3v) is 4.17. The van der Waals surface area contributed by atoms with Gasteiger partial charge in [0.05, 0.1) is 6.26 Å². The molecule has 0 spiro atoms. The molecule has 23 heavy (non-hydrogen) atoms. The molecule has 1 aromatic heterocycles. The number of tetrazole rings is 1. The average molecular weight is 422 g/mol. The van der Waals surface area contributed by atoms with Crippen molar-refractivity contribution in [2.45, 2.75) is 13.0 Å². The van der Waals surface area contributed by atoms with E-state index in [2.05, 4.69) is 39.1 Å². The van der Waals surface area contributed by atoms with Crippen LogP contribution in [0.1, 0.15) is 11.6 Å². The maximum absolute atomic E-state index is 12.1. The highest BCUT2D eigenvalue weighted by Crippen LogP contribution is 2.25. The zero-order chi connectivity index (χ0) is 16.4. The first-order chi connectivity index (χ1) is 11.1. The molecular weight excluding hydrogens is 407 g/mol. The summed E-state index contributed by atoms with van der Waals surface area (Å²) in [5, 5.41) is 7.67. The van der Waals surface area contributed by atoms with E-state index < -0.39 is 0 Å². The topological polar surface area (TPSA) is 61.9 Å². The van der Waals surface area contributed by atoms with Crippen LogP contribution < -0.4 is 10.4 Å². The standard InChI is InChI=1S/C16H15IN4O2/c1-11-9-13(17)7-8-15(11)23-10-12-5-3-4-6-14(12)21-16(22)20(2)18-19-21/h3-10,14H,1-2H3. The minimum absolute atomic E-state index is 0.272. The lowest BCUT2D eigenvalue weighted by molar-refractivity contribution is 0.459. The molecule has 3 rings (SSSR count). The Morgan fingerprint density at radius 2 is 2.13 bits per heavy atom. The molecule has 1 heterocycles. The Bertz CT molecular complexity index is 876. The lowest BCUT2D eigenvalue weighted by Gasteiger charge is -2.16. The quantitative estimate of drug-likeness (QED) is 0.564. The van der Waals surface area contributed by atoms with Crippen molar-refractivity contribution in [3.05, 3.63) is 74.0 Å². The summed E-state index contributed by atoms with van der Waals surface area (Å²) in [6.07, 6.45) is 9.20. The smallest absolute Gasteiger partial charge is 0.364 e. The number of rotatable bonds is 3. The first-order valence-corrected chi connectivity index (χ1v) is 8.10. The zero-order valence-electron chi connectivity index (χ0n) is 12.7. The molecule has 1 atom stereocenters. The maximum Gasteiger partial charge on any atom is 0.364 e. The highest BCUT2D eigenvalue weighted by Gasteiger charge is 2.19. The molecule has 1 unspecified atom stereocenters. The second-order valence-electron chi connectivity index (χ2n) is 5.16. The predicted octanol–water partition coefficient (Wildman–Crippen LogP) is 2.52. The van der Waals surface area contributed by atoms with Crippen molar-refractivity contribution in [3.8, 4) is 5.75 Å². The number of hydrogen-bond donors (Lipinski definition) is 0. The minimum atomic E-state index is -0.328. The molecule has 118 valence electrons. The van der Waals surface area contributed by atoms with E-state index in [1.165, 1.54) is 9.36 Å². The molecule has 0 aliphatic heterocycles. The summed E-state index contributed by atoms with van der Waals surface area (Å²) in [6.45, 7) is 2.00. The van der Waals surface area contributed by atoms with Crippen LogP contribution in [0.15, 0.2) is 59.1 Å². The molecule has 1 aliphatic carbocycles. The van der Waals surface area contributed by atoms with Gasteiger partial charge in [-0.15, -0.1) is 0 Å². The molecule has 0 bridgehead atoms. The molecule has 6 nitrogen and oxygen atoms in total. The fraction of sp³-hybridized carbons (Fsp3) is 0.188. The molecule has 0 saturated heterocycles. The number of hydrogen-bond acceptors (Lipinski definition) is 4. The van der Waals surface area contributed by atoms with Crippen LogP contribution >= 0.6 is 22.6 Å². The largest absolute Gasteiger partial charge is 0.464 e. The number of aromatic nitrogens is 4. The Kier molecular flexibility index (Phi) is 4.46. The van der Waals surface area contributed by atoms with Gasteiger partial charge in [-0.3, -0.25) is 0 Å². The van der Waals surface area contributed by atoms with Gasteiger partial charge >= 0.3 is 5.69 Å². The van der Waals surface area contributed by atoms with Gasteiger partial charge in [-0.25, -0.2) is 4.79 Å².